The van der Waals surface area contributed by atoms with Gasteiger partial charge in [-0.2, -0.15) is 0 Å². The fraction of sp³-hybridized carbons (Fsp3) is 0.0417. The predicted octanol–water partition coefficient (Wildman–Crippen LogP) is 11.6. The molecule has 0 amide bonds. The second-order valence-corrected chi connectivity index (χ2v) is 13.9. The lowest BCUT2D eigenvalue weighted by Gasteiger charge is -2.56. The van der Waals surface area contributed by atoms with Crippen molar-refractivity contribution in [2.75, 3.05) is 0 Å². The van der Waals surface area contributed by atoms with Crippen LogP contribution in [0.5, 0.6) is 0 Å². The zero-order valence-electron chi connectivity index (χ0n) is 26.7. The lowest BCUT2D eigenvalue weighted by Crippen LogP contribution is -2.54. The van der Waals surface area contributed by atoms with Gasteiger partial charge in [-0.05, 0) is 79.2 Å². The molecule has 49 heavy (non-hydrogen) atoms. The predicted molar refractivity (Wildman–Crippen MR) is 202 cm³/mol. The molecule has 0 fully saturated rings. The number of hydrogen-bond acceptors (Lipinski definition) is 0. The molecule has 0 radical (unpaired) electrons. The second-order valence-electron chi connectivity index (χ2n) is 13.9. The molecule has 0 spiro atoms. The maximum absolute atomic E-state index is 2.50. The molecule has 0 unspecified atom stereocenters. The molecule has 8 aromatic carbocycles. The Hall–Kier alpha value is -6.18. The number of nitrogens with zero attached hydrogens (tertiary/aromatic N) is 1. The summed E-state index contributed by atoms with van der Waals surface area (Å²) in [6.45, 7) is 0. The normalized spacial score (nSPS) is 19.2. The quantitative estimate of drug-likeness (QED) is 0.172. The minimum Gasteiger partial charge on any atom is -0.309 e. The van der Waals surface area contributed by atoms with Crippen LogP contribution in [0.2, 0.25) is 0 Å². The van der Waals surface area contributed by atoms with Crippen molar-refractivity contribution in [3.05, 3.63) is 209 Å². The van der Waals surface area contributed by atoms with Crippen LogP contribution in [0.15, 0.2) is 176 Å². The van der Waals surface area contributed by atoms with Crippen molar-refractivity contribution in [1.29, 1.82) is 0 Å². The van der Waals surface area contributed by atoms with Crippen LogP contribution in [0.25, 0.3) is 60.5 Å². The van der Waals surface area contributed by atoms with Crippen molar-refractivity contribution in [3.8, 4) is 27.9 Å². The molecule has 0 N–H and O–H groups in total. The highest BCUT2D eigenvalue weighted by atomic mass is 15.0. The van der Waals surface area contributed by atoms with Crippen molar-refractivity contribution in [1.82, 2.24) is 4.57 Å². The summed E-state index contributed by atoms with van der Waals surface area (Å²) in [6.07, 6.45) is 0. The van der Waals surface area contributed by atoms with E-state index >= 15 is 0 Å². The largest absolute Gasteiger partial charge is 0.309 e. The second kappa shape index (κ2) is 8.83. The zero-order valence-corrected chi connectivity index (χ0v) is 26.7. The Morgan fingerprint density at radius 2 is 0.653 bits per heavy atom. The van der Waals surface area contributed by atoms with Gasteiger partial charge in [0.25, 0.3) is 0 Å². The number of benzene rings is 8. The first kappa shape index (κ1) is 25.9. The van der Waals surface area contributed by atoms with Crippen molar-refractivity contribution >= 4 is 32.6 Å². The Bertz CT molecular complexity index is 2650. The first-order valence-corrected chi connectivity index (χ1v) is 17.3. The molecule has 1 aromatic heterocycles. The monoisotopic (exact) mass is 619 g/mol. The molecule has 0 saturated carbocycles. The summed E-state index contributed by atoms with van der Waals surface area (Å²) >= 11 is 0. The average molecular weight is 620 g/mol. The fourth-order valence-corrected chi connectivity index (χ4v) is 10.7. The first-order valence-electron chi connectivity index (χ1n) is 17.3. The fourth-order valence-electron chi connectivity index (χ4n) is 10.7. The number of hydrogen-bond donors (Lipinski definition) is 0. The van der Waals surface area contributed by atoms with Crippen LogP contribution in [0.1, 0.15) is 33.4 Å². The van der Waals surface area contributed by atoms with Gasteiger partial charge >= 0.3 is 0 Å². The van der Waals surface area contributed by atoms with E-state index in [1.54, 1.807) is 0 Å². The molecule has 0 saturated heterocycles. The van der Waals surface area contributed by atoms with Gasteiger partial charge in [-0.3, -0.25) is 0 Å². The van der Waals surface area contributed by atoms with E-state index in [-0.39, 0.29) is 0 Å². The van der Waals surface area contributed by atoms with Crippen molar-refractivity contribution < 1.29 is 0 Å². The van der Waals surface area contributed by atoms with E-state index in [0.29, 0.717) is 0 Å². The Morgan fingerprint density at radius 1 is 0.286 bits per heavy atom. The minimum atomic E-state index is -0.468. The molecule has 1 nitrogen and oxygen atoms in total. The Morgan fingerprint density at radius 3 is 1.14 bits per heavy atom. The maximum Gasteiger partial charge on any atom is 0.0648 e. The van der Waals surface area contributed by atoms with Crippen molar-refractivity contribution in [3.63, 3.8) is 0 Å². The van der Waals surface area contributed by atoms with E-state index in [0.717, 1.165) is 0 Å². The topological polar surface area (TPSA) is 4.93 Å². The number of aromatic nitrogens is 1. The highest BCUT2D eigenvalue weighted by Crippen LogP contribution is 2.74. The Balaban J connectivity index is 1.34. The smallest absolute Gasteiger partial charge is 0.0648 e. The highest BCUT2D eigenvalue weighted by molar-refractivity contribution is 6.12. The minimum absolute atomic E-state index is 0.468. The van der Waals surface area contributed by atoms with Gasteiger partial charge in [0.15, 0.2) is 0 Å². The maximum atomic E-state index is 2.50. The summed E-state index contributed by atoms with van der Waals surface area (Å²) in [5.41, 5.74) is 16.4. The van der Waals surface area contributed by atoms with Gasteiger partial charge in [-0.25, -0.2) is 0 Å². The van der Waals surface area contributed by atoms with E-state index in [2.05, 4.69) is 180 Å². The highest BCUT2D eigenvalue weighted by Gasteiger charge is 2.67. The van der Waals surface area contributed by atoms with Crippen LogP contribution in [0, 0.1) is 0 Å². The van der Waals surface area contributed by atoms with Crippen LogP contribution >= 0.6 is 0 Å². The van der Waals surface area contributed by atoms with E-state index in [1.807, 2.05) is 0 Å². The molecule has 0 aliphatic heterocycles. The third-order valence-electron chi connectivity index (χ3n) is 12.1. The van der Waals surface area contributed by atoms with E-state index in [4.69, 9.17) is 0 Å². The summed E-state index contributed by atoms with van der Waals surface area (Å²) in [4.78, 5) is 0. The van der Waals surface area contributed by atoms with Gasteiger partial charge in [0.05, 0.1) is 27.6 Å². The third kappa shape index (κ3) is 2.73. The lowest BCUT2D eigenvalue weighted by molar-refractivity contribution is 0.432. The molecule has 226 valence electrons. The third-order valence-corrected chi connectivity index (χ3v) is 12.1. The summed E-state index contributed by atoms with van der Waals surface area (Å²) in [5.74, 6) is 0. The molecule has 9 aromatic rings. The summed E-state index contributed by atoms with van der Waals surface area (Å²) < 4.78 is 2.50. The molecule has 1 heterocycles. The van der Waals surface area contributed by atoms with E-state index in [9.17, 15) is 0 Å². The van der Waals surface area contributed by atoms with Crippen LogP contribution in [-0.4, -0.2) is 4.57 Å². The SMILES string of the molecule is c1ccc2c(c1)-c1ccccc1C13c4ccccc4-c4ccccc4C21c1cccc2c(-n4c5ccccc5c5ccccc54)ccc3c12. The van der Waals surface area contributed by atoms with Gasteiger partial charge in [-0.15, -0.1) is 0 Å². The van der Waals surface area contributed by atoms with Gasteiger partial charge < -0.3 is 4.57 Å². The van der Waals surface area contributed by atoms with Crippen LogP contribution < -0.4 is 0 Å². The molecular formula is C48H29N. The van der Waals surface area contributed by atoms with E-state index < -0.39 is 10.8 Å². The first-order chi connectivity index (χ1) is 24.3. The molecule has 0 atom stereocenters. The summed E-state index contributed by atoms with van der Waals surface area (Å²) in [6, 6.07) is 66.7. The molecule has 0 bridgehead atoms. The molecular weight excluding hydrogens is 591 g/mol. The van der Waals surface area contributed by atoms with Gasteiger partial charge in [0.2, 0.25) is 0 Å². The lowest BCUT2D eigenvalue weighted by atomic mass is 9.43. The molecule has 12 rings (SSSR count). The number of rotatable bonds is 1. The molecule has 3 aliphatic rings. The number of fused-ring (bicyclic) bond motifs is 9. The van der Waals surface area contributed by atoms with Gasteiger partial charge in [-0.1, -0.05) is 158 Å². The van der Waals surface area contributed by atoms with Crippen molar-refractivity contribution in [2.24, 2.45) is 0 Å². The zero-order chi connectivity index (χ0) is 31.9. The van der Waals surface area contributed by atoms with Crippen LogP contribution in [0.3, 0.4) is 0 Å². The van der Waals surface area contributed by atoms with Gasteiger partial charge in [0, 0.05) is 16.2 Å². The Kier molecular flexibility index (Phi) is 4.66. The van der Waals surface area contributed by atoms with Gasteiger partial charge in [0.1, 0.15) is 0 Å². The van der Waals surface area contributed by atoms with E-state index in [1.165, 1.54) is 93.9 Å². The summed E-state index contributed by atoms with van der Waals surface area (Å²) in [5, 5.41) is 5.24. The number of para-hydroxylation sites is 2. The standard InChI is InChI=1S/C48H29N/c1-7-21-37-30(14-1)32-16-3-9-23-39(32)48-40-24-10-4-17-33(40)31-15-2-8-22-38(31)47(37,48)41-25-13-20-36-45(29-28-42(48)46(36)41)49-43-26-11-5-18-34(43)35-19-6-12-27-44(35)49/h1-29H. The molecule has 1 heteroatoms. The van der Waals surface area contributed by atoms with Crippen LogP contribution in [0.4, 0.5) is 0 Å². The molecule has 3 aliphatic carbocycles. The average Bonchev–Trinajstić information content (AvgIpc) is 3.66. The Labute approximate surface area is 284 Å². The van der Waals surface area contributed by atoms with Crippen LogP contribution in [-0.2, 0) is 10.8 Å². The van der Waals surface area contributed by atoms with Crippen molar-refractivity contribution in [2.45, 2.75) is 10.8 Å². The summed E-state index contributed by atoms with van der Waals surface area (Å²) in [7, 11) is 0.